The van der Waals surface area contributed by atoms with Crippen molar-refractivity contribution >= 4 is 0 Å². The van der Waals surface area contributed by atoms with Crippen molar-refractivity contribution in [1.29, 1.82) is 0 Å². The molecule has 0 aliphatic heterocycles. The normalized spacial score (nSPS) is 13.3. The molecule has 0 aliphatic carbocycles. The topological polar surface area (TPSA) is 3.24 Å². The zero-order valence-corrected chi connectivity index (χ0v) is 9.89. The SMILES string of the molecule is C=CN(/C=C(\C)C(C)C)C(C)(C)C. The molecule has 0 heterocycles. The maximum atomic E-state index is 3.82. The van der Waals surface area contributed by atoms with Gasteiger partial charge in [0.05, 0.1) is 0 Å². The van der Waals surface area contributed by atoms with Gasteiger partial charge in [0.15, 0.2) is 0 Å². The van der Waals surface area contributed by atoms with Gasteiger partial charge in [0.2, 0.25) is 0 Å². The molecule has 0 saturated heterocycles. The van der Waals surface area contributed by atoms with Crippen molar-refractivity contribution in [3.8, 4) is 0 Å². The molecule has 0 unspecified atom stereocenters. The van der Waals surface area contributed by atoms with E-state index in [1.54, 1.807) is 0 Å². The van der Waals surface area contributed by atoms with E-state index in [-0.39, 0.29) is 5.54 Å². The minimum absolute atomic E-state index is 0.123. The zero-order chi connectivity index (χ0) is 10.6. The molecule has 0 spiro atoms. The van der Waals surface area contributed by atoms with Gasteiger partial charge < -0.3 is 4.90 Å². The van der Waals surface area contributed by atoms with Gasteiger partial charge in [-0.05, 0) is 39.8 Å². The number of rotatable bonds is 3. The van der Waals surface area contributed by atoms with Gasteiger partial charge in [-0.1, -0.05) is 26.0 Å². The van der Waals surface area contributed by atoms with E-state index in [0.717, 1.165) is 0 Å². The van der Waals surface area contributed by atoms with E-state index in [1.807, 2.05) is 6.20 Å². The molecule has 0 atom stereocenters. The lowest BCUT2D eigenvalue weighted by Crippen LogP contribution is -2.33. The molecule has 1 heteroatoms. The summed E-state index contributed by atoms with van der Waals surface area (Å²) in [4.78, 5) is 2.16. The summed E-state index contributed by atoms with van der Waals surface area (Å²) in [5, 5.41) is 0. The highest BCUT2D eigenvalue weighted by atomic mass is 15.1. The van der Waals surface area contributed by atoms with E-state index < -0.39 is 0 Å². The van der Waals surface area contributed by atoms with Gasteiger partial charge in [-0.25, -0.2) is 0 Å². The lowest BCUT2D eigenvalue weighted by atomic mass is 10.0. The van der Waals surface area contributed by atoms with Gasteiger partial charge in [-0.15, -0.1) is 0 Å². The third kappa shape index (κ3) is 4.16. The molecular weight excluding hydrogens is 158 g/mol. The monoisotopic (exact) mass is 181 g/mol. The fraction of sp³-hybridized carbons (Fsp3) is 0.667. The summed E-state index contributed by atoms with van der Waals surface area (Å²) >= 11 is 0. The summed E-state index contributed by atoms with van der Waals surface area (Å²) in [6.45, 7) is 16.9. The van der Waals surface area contributed by atoms with Crippen LogP contribution < -0.4 is 0 Å². The maximum absolute atomic E-state index is 3.82. The molecule has 0 N–H and O–H groups in total. The first kappa shape index (κ1) is 12.3. The molecule has 0 rings (SSSR count). The van der Waals surface area contributed by atoms with E-state index in [1.165, 1.54) is 5.57 Å². The lowest BCUT2D eigenvalue weighted by Gasteiger charge is -2.32. The average Bonchev–Trinajstić information content (AvgIpc) is 1.96. The first-order valence-electron chi connectivity index (χ1n) is 4.88. The Labute approximate surface area is 83.1 Å². The number of hydrogen-bond acceptors (Lipinski definition) is 1. The average molecular weight is 181 g/mol. The summed E-state index contributed by atoms with van der Waals surface area (Å²) in [6.07, 6.45) is 4.06. The minimum atomic E-state index is 0.123. The smallest absolute Gasteiger partial charge is 0.0355 e. The van der Waals surface area contributed by atoms with Gasteiger partial charge in [0, 0.05) is 11.7 Å². The molecule has 0 saturated carbocycles. The minimum Gasteiger partial charge on any atom is -0.350 e. The predicted octanol–water partition coefficient (Wildman–Crippen LogP) is 3.79. The van der Waals surface area contributed by atoms with Crippen LogP contribution in [0.2, 0.25) is 0 Å². The molecule has 0 aromatic heterocycles. The molecule has 0 aromatic rings. The maximum Gasteiger partial charge on any atom is 0.0355 e. The quantitative estimate of drug-likeness (QED) is 0.640. The van der Waals surface area contributed by atoms with Crippen molar-refractivity contribution in [2.75, 3.05) is 0 Å². The van der Waals surface area contributed by atoms with E-state index in [9.17, 15) is 0 Å². The van der Waals surface area contributed by atoms with Crippen LogP contribution in [0.1, 0.15) is 41.5 Å². The second-order valence-electron chi connectivity index (χ2n) is 4.79. The molecule has 13 heavy (non-hydrogen) atoms. The first-order chi connectivity index (χ1) is 5.79. The van der Waals surface area contributed by atoms with Gasteiger partial charge in [-0.2, -0.15) is 0 Å². The molecule has 0 radical (unpaired) electrons. The fourth-order valence-corrected chi connectivity index (χ4v) is 0.889. The van der Waals surface area contributed by atoms with Crippen LogP contribution in [0, 0.1) is 5.92 Å². The largest absolute Gasteiger partial charge is 0.350 e. The number of hydrogen-bond donors (Lipinski definition) is 0. The van der Waals surface area contributed by atoms with Gasteiger partial charge in [0.1, 0.15) is 0 Å². The molecule has 0 aliphatic rings. The number of nitrogens with zero attached hydrogens (tertiary/aromatic N) is 1. The lowest BCUT2D eigenvalue weighted by molar-refractivity contribution is 0.278. The predicted molar refractivity (Wildman–Crippen MR) is 60.4 cm³/mol. The van der Waals surface area contributed by atoms with Gasteiger partial charge >= 0.3 is 0 Å². The van der Waals surface area contributed by atoms with Crippen LogP contribution in [-0.2, 0) is 0 Å². The Bertz CT molecular complexity index is 194. The molecular formula is C12H23N. The van der Waals surface area contributed by atoms with Gasteiger partial charge in [-0.3, -0.25) is 0 Å². The van der Waals surface area contributed by atoms with E-state index in [4.69, 9.17) is 0 Å². The van der Waals surface area contributed by atoms with Crippen LogP contribution in [0.4, 0.5) is 0 Å². The summed E-state index contributed by atoms with van der Waals surface area (Å²) in [7, 11) is 0. The van der Waals surface area contributed by atoms with Crippen LogP contribution >= 0.6 is 0 Å². The summed E-state index contributed by atoms with van der Waals surface area (Å²) in [5.74, 6) is 0.602. The fourth-order valence-electron chi connectivity index (χ4n) is 0.889. The molecule has 0 aromatic carbocycles. The summed E-state index contributed by atoms with van der Waals surface area (Å²) in [5.41, 5.74) is 1.51. The van der Waals surface area contributed by atoms with Crippen molar-refractivity contribution in [3.63, 3.8) is 0 Å². The number of allylic oxidation sites excluding steroid dienone is 1. The third-order valence-electron chi connectivity index (χ3n) is 2.22. The Kier molecular flexibility index (Phi) is 4.25. The van der Waals surface area contributed by atoms with Crippen molar-refractivity contribution in [2.24, 2.45) is 5.92 Å². The van der Waals surface area contributed by atoms with Crippen LogP contribution in [0.15, 0.2) is 24.6 Å². The summed E-state index contributed by atoms with van der Waals surface area (Å²) in [6, 6.07) is 0. The Balaban J connectivity index is 4.64. The van der Waals surface area contributed by atoms with Crippen LogP contribution in [0.25, 0.3) is 0 Å². The Morgan fingerprint density at radius 2 is 1.77 bits per heavy atom. The first-order valence-corrected chi connectivity index (χ1v) is 4.88. The van der Waals surface area contributed by atoms with E-state index in [0.29, 0.717) is 5.92 Å². The molecule has 0 bridgehead atoms. The molecule has 0 amide bonds. The van der Waals surface area contributed by atoms with E-state index >= 15 is 0 Å². The van der Waals surface area contributed by atoms with Crippen LogP contribution in [0.5, 0.6) is 0 Å². The van der Waals surface area contributed by atoms with Crippen LogP contribution in [-0.4, -0.2) is 10.4 Å². The summed E-state index contributed by atoms with van der Waals surface area (Å²) < 4.78 is 0. The van der Waals surface area contributed by atoms with Crippen molar-refractivity contribution in [1.82, 2.24) is 4.90 Å². The zero-order valence-electron chi connectivity index (χ0n) is 9.89. The van der Waals surface area contributed by atoms with Crippen molar-refractivity contribution in [2.45, 2.75) is 47.1 Å². The third-order valence-corrected chi connectivity index (χ3v) is 2.22. The van der Waals surface area contributed by atoms with Crippen molar-refractivity contribution in [3.05, 3.63) is 24.6 Å². The van der Waals surface area contributed by atoms with Crippen molar-refractivity contribution < 1.29 is 0 Å². The molecule has 0 fully saturated rings. The second kappa shape index (κ2) is 4.50. The highest BCUT2D eigenvalue weighted by Gasteiger charge is 2.15. The standard InChI is InChI=1S/C12H23N/c1-8-13(12(5,6)7)9-11(4)10(2)3/h8-10H,1H2,2-7H3/b11-9+. The Morgan fingerprint density at radius 1 is 1.31 bits per heavy atom. The highest BCUT2D eigenvalue weighted by molar-refractivity contribution is 5.05. The highest BCUT2D eigenvalue weighted by Crippen LogP contribution is 2.17. The second-order valence-corrected chi connectivity index (χ2v) is 4.79. The Morgan fingerprint density at radius 3 is 2.00 bits per heavy atom. The Hall–Kier alpha value is -0.720. The van der Waals surface area contributed by atoms with Gasteiger partial charge in [0.25, 0.3) is 0 Å². The van der Waals surface area contributed by atoms with E-state index in [2.05, 4.69) is 59.2 Å². The van der Waals surface area contributed by atoms with Crippen LogP contribution in [0.3, 0.4) is 0 Å². The molecule has 76 valence electrons. The molecule has 1 nitrogen and oxygen atoms in total.